The summed E-state index contributed by atoms with van der Waals surface area (Å²) in [5, 5.41) is 0.178. The van der Waals surface area contributed by atoms with Gasteiger partial charge < -0.3 is 9.64 Å². The number of carbonyl (C=O) groups is 2. The van der Waals surface area contributed by atoms with Crippen LogP contribution in [0.4, 0.5) is 4.39 Å². The number of fused-ring (bicyclic) bond motifs is 2. The minimum absolute atomic E-state index is 0.0953. The number of benzene rings is 1. The molecule has 1 aromatic rings. The number of likely N-dealkylation sites (tertiary alicyclic amines) is 1. The number of halogens is 2. The molecule has 142 valence electrons. The number of esters is 1. The molecule has 26 heavy (non-hydrogen) atoms. The molecular formula is C20H25ClFNO3. The molecular weight excluding hydrogens is 357 g/mol. The predicted octanol–water partition coefficient (Wildman–Crippen LogP) is 3.99. The van der Waals surface area contributed by atoms with Gasteiger partial charge in [0.15, 0.2) is 6.61 Å². The molecule has 2 aliphatic rings. The van der Waals surface area contributed by atoms with Crippen molar-refractivity contribution in [3.8, 4) is 0 Å². The van der Waals surface area contributed by atoms with Crippen molar-refractivity contribution in [1.82, 2.24) is 4.90 Å². The van der Waals surface area contributed by atoms with E-state index in [9.17, 15) is 14.0 Å². The summed E-state index contributed by atoms with van der Waals surface area (Å²) in [5.41, 5.74) is 0.440. The molecule has 1 aliphatic heterocycles. The smallest absolute Gasteiger partial charge is 0.310 e. The van der Waals surface area contributed by atoms with Crippen LogP contribution in [0.5, 0.6) is 0 Å². The zero-order valence-electron chi connectivity index (χ0n) is 15.5. The van der Waals surface area contributed by atoms with Gasteiger partial charge in [-0.2, -0.15) is 0 Å². The van der Waals surface area contributed by atoms with E-state index < -0.39 is 11.8 Å². The monoisotopic (exact) mass is 381 g/mol. The summed E-state index contributed by atoms with van der Waals surface area (Å²) in [5.74, 6) is -1.38. The lowest BCUT2D eigenvalue weighted by molar-refractivity contribution is -0.152. The third-order valence-corrected chi connectivity index (χ3v) is 5.83. The van der Waals surface area contributed by atoms with Gasteiger partial charge in [0, 0.05) is 23.2 Å². The first-order chi connectivity index (χ1) is 12.1. The molecule has 1 aliphatic carbocycles. The Morgan fingerprint density at radius 3 is 2.73 bits per heavy atom. The topological polar surface area (TPSA) is 46.6 Å². The Labute approximate surface area is 158 Å². The van der Waals surface area contributed by atoms with Gasteiger partial charge in [-0.15, -0.1) is 0 Å². The lowest BCUT2D eigenvalue weighted by Crippen LogP contribution is -2.40. The second kappa shape index (κ2) is 6.84. The Bertz CT molecular complexity index is 716. The highest BCUT2D eigenvalue weighted by molar-refractivity contribution is 6.31. The molecule has 1 saturated heterocycles. The van der Waals surface area contributed by atoms with Crippen LogP contribution in [0.3, 0.4) is 0 Å². The fourth-order valence-electron chi connectivity index (χ4n) is 4.87. The van der Waals surface area contributed by atoms with Gasteiger partial charge in [0.05, 0.1) is 6.42 Å². The molecule has 0 N–H and O–H groups in total. The van der Waals surface area contributed by atoms with Gasteiger partial charge in [-0.3, -0.25) is 9.59 Å². The van der Waals surface area contributed by atoms with Crippen molar-refractivity contribution in [3.05, 3.63) is 34.6 Å². The van der Waals surface area contributed by atoms with E-state index in [0.29, 0.717) is 6.54 Å². The Morgan fingerprint density at radius 1 is 1.31 bits per heavy atom. The van der Waals surface area contributed by atoms with E-state index in [2.05, 4.69) is 20.8 Å². The molecule has 0 aromatic heterocycles. The number of rotatable bonds is 4. The second-order valence-corrected chi connectivity index (χ2v) is 9.18. The maximum atomic E-state index is 13.8. The molecule has 0 radical (unpaired) electrons. The zero-order valence-corrected chi connectivity index (χ0v) is 16.2. The lowest BCUT2D eigenvalue weighted by Gasteiger charge is -2.39. The van der Waals surface area contributed by atoms with Crippen LogP contribution in [-0.4, -0.2) is 36.0 Å². The van der Waals surface area contributed by atoms with Crippen LogP contribution in [0.1, 0.15) is 45.6 Å². The molecule has 2 fully saturated rings. The van der Waals surface area contributed by atoms with E-state index >= 15 is 0 Å². The van der Waals surface area contributed by atoms with Gasteiger partial charge in [-0.25, -0.2) is 4.39 Å². The Morgan fingerprint density at radius 2 is 2.04 bits per heavy atom. The van der Waals surface area contributed by atoms with E-state index in [4.69, 9.17) is 16.3 Å². The maximum Gasteiger partial charge on any atom is 0.310 e. The van der Waals surface area contributed by atoms with Crippen LogP contribution in [0, 0.1) is 16.6 Å². The summed E-state index contributed by atoms with van der Waals surface area (Å²) >= 11 is 5.92. The molecule has 1 saturated carbocycles. The Kier molecular flexibility index (Phi) is 5.04. The molecule has 2 atom stereocenters. The zero-order chi connectivity index (χ0) is 19.1. The quantitative estimate of drug-likeness (QED) is 0.741. The normalized spacial score (nSPS) is 26.7. The summed E-state index contributed by atoms with van der Waals surface area (Å²) in [6.07, 6.45) is 2.77. The van der Waals surface area contributed by atoms with E-state index in [1.807, 2.05) is 4.90 Å². The minimum Gasteiger partial charge on any atom is -0.455 e. The number of amides is 1. The van der Waals surface area contributed by atoms with Crippen LogP contribution in [0.15, 0.2) is 18.2 Å². The molecule has 0 spiro atoms. The van der Waals surface area contributed by atoms with Crippen LogP contribution >= 0.6 is 11.6 Å². The molecule has 3 rings (SSSR count). The van der Waals surface area contributed by atoms with Gasteiger partial charge in [-0.1, -0.05) is 38.4 Å². The molecule has 2 bridgehead atoms. The van der Waals surface area contributed by atoms with Crippen molar-refractivity contribution in [1.29, 1.82) is 0 Å². The SMILES string of the molecule is CC1(C)C[C@H]2C[C@](C)(CN2C(=O)COC(=O)Cc2c(F)cccc2Cl)C1. The van der Waals surface area contributed by atoms with Crippen LogP contribution in [0.2, 0.25) is 5.02 Å². The van der Waals surface area contributed by atoms with Crippen molar-refractivity contribution in [2.75, 3.05) is 13.2 Å². The predicted molar refractivity (Wildman–Crippen MR) is 97.3 cm³/mol. The second-order valence-electron chi connectivity index (χ2n) is 8.77. The molecule has 1 amide bonds. The van der Waals surface area contributed by atoms with Gasteiger partial charge in [0.25, 0.3) is 5.91 Å². The summed E-state index contributed by atoms with van der Waals surface area (Å²) in [4.78, 5) is 26.5. The van der Waals surface area contributed by atoms with Gasteiger partial charge in [-0.05, 0) is 42.2 Å². The summed E-state index contributed by atoms with van der Waals surface area (Å²) in [6.45, 7) is 7.10. The number of carbonyl (C=O) groups excluding carboxylic acids is 2. The standard InChI is InChI=1S/C20H25ClFNO3/c1-19(2)8-13-9-20(3,11-19)12-23(13)17(24)10-26-18(25)7-14-15(21)5-4-6-16(14)22/h4-6,13H,7-12H2,1-3H3/t13-,20-/m0/s1. The Balaban J connectivity index is 1.57. The summed E-state index contributed by atoms with van der Waals surface area (Å²) < 4.78 is 18.9. The van der Waals surface area contributed by atoms with Crippen molar-refractivity contribution in [2.24, 2.45) is 10.8 Å². The van der Waals surface area contributed by atoms with Gasteiger partial charge in [0.2, 0.25) is 0 Å². The highest BCUT2D eigenvalue weighted by Gasteiger charge is 2.50. The van der Waals surface area contributed by atoms with E-state index in [1.54, 1.807) is 0 Å². The largest absolute Gasteiger partial charge is 0.455 e. The van der Waals surface area contributed by atoms with Gasteiger partial charge in [0.1, 0.15) is 5.82 Å². The van der Waals surface area contributed by atoms with Crippen molar-refractivity contribution in [2.45, 2.75) is 52.5 Å². The summed E-state index contributed by atoms with van der Waals surface area (Å²) in [6, 6.07) is 4.44. The number of hydrogen-bond donors (Lipinski definition) is 0. The van der Waals surface area contributed by atoms with Crippen LogP contribution in [0.25, 0.3) is 0 Å². The number of ether oxygens (including phenoxy) is 1. The van der Waals surface area contributed by atoms with Crippen molar-refractivity contribution in [3.63, 3.8) is 0 Å². The van der Waals surface area contributed by atoms with Crippen molar-refractivity contribution < 1.29 is 18.7 Å². The average Bonchev–Trinajstić information content (AvgIpc) is 2.77. The Hall–Kier alpha value is -1.62. The van der Waals surface area contributed by atoms with Crippen LogP contribution < -0.4 is 0 Å². The first-order valence-corrected chi connectivity index (χ1v) is 9.34. The third-order valence-electron chi connectivity index (χ3n) is 5.47. The number of nitrogens with zero attached hydrogens (tertiary/aromatic N) is 1. The molecule has 1 heterocycles. The fraction of sp³-hybridized carbons (Fsp3) is 0.600. The van der Waals surface area contributed by atoms with Gasteiger partial charge >= 0.3 is 5.97 Å². The fourth-order valence-corrected chi connectivity index (χ4v) is 5.10. The molecule has 0 unspecified atom stereocenters. The third kappa shape index (κ3) is 4.03. The molecule has 6 heteroatoms. The average molecular weight is 382 g/mol. The minimum atomic E-state index is -0.654. The number of hydrogen-bond acceptors (Lipinski definition) is 3. The van der Waals surface area contributed by atoms with Crippen LogP contribution in [-0.2, 0) is 20.7 Å². The summed E-state index contributed by atoms with van der Waals surface area (Å²) in [7, 11) is 0. The van der Waals surface area contributed by atoms with E-state index in [1.165, 1.54) is 18.2 Å². The highest BCUT2D eigenvalue weighted by atomic mass is 35.5. The van der Waals surface area contributed by atoms with Crippen molar-refractivity contribution >= 4 is 23.5 Å². The first-order valence-electron chi connectivity index (χ1n) is 8.97. The highest BCUT2D eigenvalue weighted by Crippen LogP contribution is 2.52. The maximum absolute atomic E-state index is 13.8. The lowest BCUT2D eigenvalue weighted by atomic mass is 9.65. The first kappa shape index (κ1) is 19.2. The van der Waals surface area contributed by atoms with E-state index in [-0.39, 0.29) is 46.4 Å². The molecule has 4 nitrogen and oxygen atoms in total. The van der Waals surface area contributed by atoms with E-state index in [0.717, 1.165) is 19.3 Å². The molecule has 1 aromatic carbocycles.